The van der Waals surface area contributed by atoms with Gasteiger partial charge in [0.25, 0.3) is 0 Å². The lowest BCUT2D eigenvalue weighted by Gasteiger charge is -2.50. The van der Waals surface area contributed by atoms with E-state index in [9.17, 15) is 5.11 Å². The predicted molar refractivity (Wildman–Crippen MR) is 150 cm³/mol. The Hall–Kier alpha value is -2.76. The van der Waals surface area contributed by atoms with Crippen LogP contribution in [0.1, 0.15) is 61.0 Å². The van der Waals surface area contributed by atoms with E-state index in [-0.39, 0.29) is 17.6 Å². The lowest BCUT2D eigenvalue weighted by atomic mass is 9.55. The van der Waals surface area contributed by atoms with Crippen molar-refractivity contribution < 1.29 is 9.84 Å². The van der Waals surface area contributed by atoms with Gasteiger partial charge in [0.05, 0.1) is 13.2 Å². The van der Waals surface area contributed by atoms with Gasteiger partial charge >= 0.3 is 0 Å². The molecule has 2 fully saturated rings. The summed E-state index contributed by atoms with van der Waals surface area (Å²) in [5, 5.41) is 12.0. The third-order valence-electron chi connectivity index (χ3n) is 10.1. The van der Waals surface area contributed by atoms with Crippen molar-refractivity contribution in [3.8, 4) is 5.75 Å². The summed E-state index contributed by atoms with van der Waals surface area (Å²) in [6.45, 7) is 4.20. The van der Waals surface area contributed by atoms with Gasteiger partial charge in [0, 0.05) is 55.8 Å². The number of aliphatic hydroxyl groups excluding tert-OH is 1. The number of hydrogen-bond acceptors (Lipinski definition) is 5. The minimum absolute atomic E-state index is 0.0238. The zero-order valence-corrected chi connectivity index (χ0v) is 22.8. The van der Waals surface area contributed by atoms with Gasteiger partial charge in [-0.3, -0.25) is 14.9 Å². The van der Waals surface area contributed by atoms with Crippen molar-refractivity contribution in [3.05, 3.63) is 89.5 Å². The molecule has 6 atom stereocenters. The Kier molecular flexibility index (Phi) is 7.24. The minimum Gasteiger partial charge on any atom is -0.497 e. The molecule has 0 amide bonds. The van der Waals surface area contributed by atoms with Crippen molar-refractivity contribution in [2.24, 2.45) is 17.3 Å². The Bertz CT molecular complexity index is 1180. The van der Waals surface area contributed by atoms with Crippen LogP contribution in [-0.2, 0) is 19.3 Å². The second-order valence-corrected chi connectivity index (χ2v) is 12.0. The van der Waals surface area contributed by atoms with Crippen molar-refractivity contribution in [3.63, 3.8) is 0 Å². The second-order valence-electron chi connectivity index (χ2n) is 12.0. The van der Waals surface area contributed by atoms with Gasteiger partial charge in [0.1, 0.15) is 5.75 Å². The van der Waals surface area contributed by atoms with Gasteiger partial charge in [-0.2, -0.15) is 0 Å². The number of rotatable bonds is 8. The first-order valence-electron chi connectivity index (χ1n) is 14.5. The first-order chi connectivity index (χ1) is 18.6. The lowest BCUT2D eigenvalue weighted by molar-refractivity contribution is -0.0407. The Labute approximate surface area is 227 Å². The first-order valence-corrected chi connectivity index (χ1v) is 14.5. The normalized spacial score (nSPS) is 29.9. The van der Waals surface area contributed by atoms with Gasteiger partial charge in [-0.15, -0.1) is 0 Å². The van der Waals surface area contributed by atoms with E-state index >= 15 is 0 Å². The molecule has 5 heteroatoms. The largest absolute Gasteiger partial charge is 0.497 e. The highest BCUT2D eigenvalue weighted by molar-refractivity contribution is 5.41. The quantitative estimate of drug-likeness (QED) is 0.435. The van der Waals surface area contributed by atoms with Gasteiger partial charge < -0.3 is 9.84 Å². The Balaban J connectivity index is 1.24. The molecule has 0 aliphatic heterocycles. The molecule has 5 nitrogen and oxygen atoms in total. The maximum Gasteiger partial charge on any atom is 0.119 e. The van der Waals surface area contributed by atoms with Crippen molar-refractivity contribution in [2.75, 3.05) is 20.2 Å². The molecule has 0 radical (unpaired) electrons. The third-order valence-corrected chi connectivity index (χ3v) is 10.1. The van der Waals surface area contributed by atoms with Gasteiger partial charge in [0.2, 0.25) is 0 Å². The number of benzene rings is 1. The third kappa shape index (κ3) is 4.76. The molecule has 6 rings (SSSR count). The standard InChI is InChI=1S/C33H41N3O2/c1-33-16-13-28-27-12-10-26(38-2)21-23(27)9-11-29(28)30(33)22-31(32(33)37)36(19-14-24-7-3-5-17-34-24)20-15-25-8-4-6-18-35-25/h3-8,10,12,17-18,21,28-32,37H,9,11,13-16,19-20,22H2,1-2H3/t28-,29-,30+,31+,32+,33+/m1/s1. The van der Waals surface area contributed by atoms with Gasteiger partial charge in [-0.25, -0.2) is 0 Å². The minimum atomic E-state index is -0.307. The van der Waals surface area contributed by atoms with Crippen LogP contribution in [0.5, 0.6) is 5.75 Å². The molecule has 0 unspecified atom stereocenters. The summed E-state index contributed by atoms with van der Waals surface area (Å²) >= 11 is 0. The van der Waals surface area contributed by atoms with Gasteiger partial charge in [-0.05, 0) is 103 Å². The van der Waals surface area contributed by atoms with Crippen molar-refractivity contribution in [2.45, 2.75) is 69.9 Å². The summed E-state index contributed by atoms with van der Waals surface area (Å²) in [7, 11) is 1.76. The summed E-state index contributed by atoms with van der Waals surface area (Å²) in [6, 6.07) is 19.2. The van der Waals surface area contributed by atoms with Crippen LogP contribution in [0.3, 0.4) is 0 Å². The van der Waals surface area contributed by atoms with E-state index in [1.807, 2.05) is 24.5 Å². The topological polar surface area (TPSA) is 58.5 Å². The molecule has 200 valence electrons. The van der Waals surface area contributed by atoms with E-state index in [0.29, 0.717) is 17.8 Å². The molecule has 0 bridgehead atoms. The average molecular weight is 512 g/mol. The zero-order chi connectivity index (χ0) is 26.1. The number of nitrogens with zero attached hydrogens (tertiary/aromatic N) is 3. The molecule has 1 N–H and O–H groups in total. The van der Waals surface area contributed by atoms with Crippen LogP contribution >= 0.6 is 0 Å². The first kappa shape index (κ1) is 25.5. The highest BCUT2D eigenvalue weighted by atomic mass is 16.5. The van der Waals surface area contributed by atoms with E-state index in [2.05, 4.69) is 64.3 Å². The predicted octanol–water partition coefficient (Wildman–Crippen LogP) is 5.47. The summed E-state index contributed by atoms with van der Waals surface area (Å²) in [6.07, 6.45) is 10.9. The maximum absolute atomic E-state index is 12.0. The summed E-state index contributed by atoms with van der Waals surface area (Å²) in [5.41, 5.74) is 5.21. The van der Waals surface area contributed by atoms with E-state index in [1.54, 1.807) is 7.11 Å². The molecule has 2 aromatic heterocycles. The van der Waals surface area contributed by atoms with E-state index in [4.69, 9.17) is 4.74 Å². The number of aromatic nitrogens is 2. The molecular weight excluding hydrogens is 470 g/mol. The van der Waals surface area contributed by atoms with Crippen molar-refractivity contribution in [1.29, 1.82) is 0 Å². The van der Waals surface area contributed by atoms with Crippen LogP contribution in [0, 0.1) is 17.3 Å². The molecule has 3 aliphatic rings. The number of pyridine rings is 2. The van der Waals surface area contributed by atoms with Gasteiger partial charge in [0.15, 0.2) is 0 Å². The fourth-order valence-electron chi connectivity index (χ4n) is 8.07. The molecule has 0 spiro atoms. The maximum atomic E-state index is 12.0. The fraction of sp³-hybridized carbons (Fsp3) is 0.515. The highest BCUT2D eigenvalue weighted by Crippen LogP contribution is 2.61. The van der Waals surface area contributed by atoms with Crippen LogP contribution in [0.2, 0.25) is 0 Å². The molecule has 3 aromatic rings. The second kappa shape index (κ2) is 10.8. The summed E-state index contributed by atoms with van der Waals surface area (Å²) in [4.78, 5) is 11.7. The number of ether oxygens (including phenoxy) is 1. The Morgan fingerprint density at radius 3 is 2.32 bits per heavy atom. The molecular formula is C33H41N3O2. The molecule has 2 saturated carbocycles. The Morgan fingerprint density at radius 2 is 1.68 bits per heavy atom. The van der Waals surface area contributed by atoms with Crippen LogP contribution in [0.25, 0.3) is 0 Å². The molecule has 38 heavy (non-hydrogen) atoms. The van der Waals surface area contributed by atoms with Crippen LogP contribution < -0.4 is 4.74 Å². The van der Waals surface area contributed by atoms with Crippen molar-refractivity contribution >= 4 is 0 Å². The van der Waals surface area contributed by atoms with Crippen LogP contribution in [-0.4, -0.2) is 52.3 Å². The molecule has 1 aromatic carbocycles. The highest BCUT2D eigenvalue weighted by Gasteiger charge is 2.58. The zero-order valence-electron chi connectivity index (χ0n) is 22.8. The van der Waals surface area contributed by atoms with E-state index in [0.717, 1.165) is 62.3 Å². The van der Waals surface area contributed by atoms with Crippen molar-refractivity contribution in [1.82, 2.24) is 14.9 Å². The van der Waals surface area contributed by atoms with E-state index in [1.165, 1.54) is 24.0 Å². The number of methoxy groups -OCH3 is 1. The van der Waals surface area contributed by atoms with E-state index < -0.39 is 0 Å². The summed E-state index contributed by atoms with van der Waals surface area (Å²) in [5.74, 6) is 2.76. The number of aliphatic hydroxyl groups is 1. The number of hydrogen-bond donors (Lipinski definition) is 1. The van der Waals surface area contributed by atoms with Crippen LogP contribution in [0.4, 0.5) is 0 Å². The number of aryl methyl sites for hydroxylation is 1. The SMILES string of the molecule is COc1ccc2c(c1)CC[C@@H]1[C@@H]2CC[C@]2(C)[C@@H](O)[C@@H](N(CCc3ccccn3)CCc3ccccn3)C[C@@H]12. The smallest absolute Gasteiger partial charge is 0.119 e. The monoisotopic (exact) mass is 511 g/mol. The van der Waals surface area contributed by atoms with Crippen LogP contribution in [0.15, 0.2) is 67.0 Å². The Morgan fingerprint density at radius 1 is 0.974 bits per heavy atom. The summed E-state index contributed by atoms with van der Waals surface area (Å²) < 4.78 is 5.52. The fourth-order valence-corrected chi connectivity index (χ4v) is 8.07. The number of fused-ring (bicyclic) bond motifs is 5. The average Bonchev–Trinajstić information content (AvgIpc) is 3.24. The van der Waals surface area contributed by atoms with Gasteiger partial charge in [-0.1, -0.05) is 25.1 Å². The lowest BCUT2D eigenvalue weighted by Crippen LogP contribution is -2.48. The molecule has 0 saturated heterocycles. The molecule has 3 aliphatic carbocycles. The molecule has 2 heterocycles.